The number of unbranched alkanes of at least 4 members (excludes halogenated alkanes) is 5. The normalized spacial score (nSPS) is 15.2. The zero-order valence-electron chi connectivity index (χ0n) is 29.0. The van der Waals surface area contributed by atoms with Crippen LogP contribution in [-0.4, -0.2) is 29.7 Å². The second-order valence-electron chi connectivity index (χ2n) is 12.5. The molecule has 49 heavy (non-hydrogen) atoms. The van der Waals surface area contributed by atoms with Crippen LogP contribution in [0.1, 0.15) is 96.8 Å². The van der Waals surface area contributed by atoms with Crippen LogP contribution >= 0.6 is 0 Å². The summed E-state index contributed by atoms with van der Waals surface area (Å²) in [4.78, 5) is 29.6. The molecular weight excluding hydrogens is 612 g/mol. The summed E-state index contributed by atoms with van der Waals surface area (Å²) in [6.45, 7) is 10.0. The van der Waals surface area contributed by atoms with E-state index in [0.717, 1.165) is 65.1 Å². The molecule has 5 aromatic rings. The van der Waals surface area contributed by atoms with Crippen LogP contribution in [0.25, 0.3) is 10.9 Å². The number of nitrogens with zero attached hydrogens (tertiary/aromatic N) is 2. The average Bonchev–Trinajstić information content (AvgIpc) is 3.58. The van der Waals surface area contributed by atoms with Gasteiger partial charge in [0.15, 0.2) is 0 Å². The molecule has 7 heteroatoms. The third kappa shape index (κ3) is 6.42. The highest BCUT2D eigenvalue weighted by Crippen LogP contribution is 2.53. The van der Waals surface area contributed by atoms with Crippen molar-refractivity contribution in [3.63, 3.8) is 0 Å². The molecule has 0 N–H and O–H groups in total. The SMILES string of the molecule is CCCCCCCCOC(=O)c1ccc2c(c1)C(=O)OC2(c1c(C)n(CC)c2ccccc12)N(c1ccccc1)c1ccc(OCC)cc1. The molecule has 0 spiro atoms. The predicted octanol–water partition coefficient (Wildman–Crippen LogP) is 10.1. The molecule has 0 fully saturated rings. The Morgan fingerprint density at radius 2 is 1.51 bits per heavy atom. The summed E-state index contributed by atoms with van der Waals surface area (Å²) in [6.07, 6.45) is 6.61. The Morgan fingerprint density at radius 1 is 0.816 bits per heavy atom. The van der Waals surface area contributed by atoms with Crippen LogP contribution < -0.4 is 9.64 Å². The van der Waals surface area contributed by atoms with E-state index in [2.05, 4.69) is 42.4 Å². The fourth-order valence-electron chi connectivity index (χ4n) is 7.19. The Hall–Kier alpha value is -5.04. The van der Waals surface area contributed by atoms with E-state index in [4.69, 9.17) is 14.2 Å². The molecule has 0 aliphatic carbocycles. The molecule has 0 amide bonds. The number of rotatable bonds is 15. The highest BCUT2D eigenvalue weighted by atomic mass is 16.6. The van der Waals surface area contributed by atoms with Crippen LogP contribution in [-0.2, 0) is 21.7 Å². The maximum atomic E-state index is 14.2. The lowest BCUT2D eigenvalue weighted by Gasteiger charge is -2.42. The molecule has 1 aromatic heterocycles. The van der Waals surface area contributed by atoms with Gasteiger partial charge in [0.1, 0.15) is 5.75 Å². The van der Waals surface area contributed by atoms with E-state index >= 15 is 0 Å². The zero-order chi connectivity index (χ0) is 34.4. The quantitative estimate of drug-likeness (QED) is 0.0824. The number of aryl methyl sites for hydroxylation is 1. The molecular formula is C42H46N2O5. The molecule has 1 aliphatic heterocycles. The highest BCUT2D eigenvalue weighted by Gasteiger charge is 2.55. The monoisotopic (exact) mass is 658 g/mol. The van der Waals surface area contributed by atoms with Crippen LogP contribution in [0, 0.1) is 6.92 Å². The minimum atomic E-state index is -1.41. The molecule has 1 atom stereocenters. The van der Waals surface area contributed by atoms with E-state index in [0.29, 0.717) is 29.9 Å². The number of esters is 2. The van der Waals surface area contributed by atoms with Crippen molar-refractivity contribution in [2.75, 3.05) is 18.1 Å². The van der Waals surface area contributed by atoms with Gasteiger partial charge in [0.25, 0.3) is 0 Å². The van der Waals surface area contributed by atoms with Gasteiger partial charge in [-0.15, -0.1) is 0 Å². The summed E-state index contributed by atoms with van der Waals surface area (Å²) < 4.78 is 20.5. The minimum absolute atomic E-state index is 0.331. The van der Waals surface area contributed by atoms with Crippen molar-refractivity contribution < 1.29 is 23.8 Å². The number of cyclic esters (lactones) is 1. The number of benzene rings is 4. The molecule has 1 unspecified atom stereocenters. The highest BCUT2D eigenvalue weighted by molar-refractivity contribution is 6.02. The molecule has 0 bridgehead atoms. The first kappa shape index (κ1) is 33.8. The molecule has 254 valence electrons. The number of hydrogen-bond donors (Lipinski definition) is 0. The van der Waals surface area contributed by atoms with Crippen LogP contribution in [0.5, 0.6) is 5.75 Å². The number of para-hydroxylation sites is 2. The number of hydrogen-bond acceptors (Lipinski definition) is 6. The van der Waals surface area contributed by atoms with Crippen molar-refractivity contribution in [2.45, 2.75) is 78.5 Å². The van der Waals surface area contributed by atoms with Gasteiger partial charge in [-0.3, -0.25) is 4.90 Å². The van der Waals surface area contributed by atoms with E-state index in [9.17, 15) is 9.59 Å². The third-order valence-corrected chi connectivity index (χ3v) is 9.43. The van der Waals surface area contributed by atoms with E-state index < -0.39 is 17.7 Å². The van der Waals surface area contributed by atoms with Gasteiger partial charge in [0, 0.05) is 40.1 Å². The van der Waals surface area contributed by atoms with Crippen molar-refractivity contribution in [2.24, 2.45) is 0 Å². The second kappa shape index (κ2) is 15.0. The van der Waals surface area contributed by atoms with Crippen LogP contribution in [0.15, 0.2) is 97.1 Å². The van der Waals surface area contributed by atoms with Gasteiger partial charge >= 0.3 is 11.9 Å². The molecule has 2 heterocycles. The Morgan fingerprint density at radius 3 is 2.24 bits per heavy atom. The standard InChI is InChI=1S/C42H46N2O5/c1-5-8-9-10-11-17-28-48-40(45)31-22-27-37-36(29-31)41(46)49-42(37,39-30(4)43(6-2)38-21-16-15-20-35(38)39)44(32-18-13-12-14-19-32)33-23-25-34(26-24-33)47-7-3/h12-16,18-27,29H,5-11,17,28H2,1-4H3. The number of fused-ring (bicyclic) bond motifs is 2. The van der Waals surface area contributed by atoms with E-state index in [1.54, 1.807) is 12.1 Å². The van der Waals surface area contributed by atoms with Crippen molar-refractivity contribution in [1.82, 2.24) is 4.57 Å². The van der Waals surface area contributed by atoms with Crippen molar-refractivity contribution >= 4 is 34.2 Å². The number of ether oxygens (including phenoxy) is 3. The smallest absolute Gasteiger partial charge is 0.341 e. The van der Waals surface area contributed by atoms with E-state index in [1.165, 1.54) is 19.3 Å². The lowest BCUT2D eigenvalue weighted by Crippen LogP contribution is -2.45. The van der Waals surface area contributed by atoms with Gasteiger partial charge in [-0.1, -0.05) is 81.5 Å². The van der Waals surface area contributed by atoms with E-state index in [-0.39, 0.29) is 0 Å². The number of carbonyl (C=O) groups is 2. The Labute approximate surface area is 289 Å². The number of carbonyl (C=O) groups excluding carboxylic acids is 2. The van der Waals surface area contributed by atoms with Crippen molar-refractivity contribution in [3.8, 4) is 5.75 Å². The van der Waals surface area contributed by atoms with Gasteiger partial charge in [-0.05, 0) is 81.8 Å². The number of aromatic nitrogens is 1. The van der Waals surface area contributed by atoms with E-state index in [1.807, 2.05) is 79.7 Å². The lowest BCUT2D eigenvalue weighted by atomic mass is 9.87. The van der Waals surface area contributed by atoms with Gasteiger partial charge in [0.2, 0.25) is 5.72 Å². The molecule has 7 nitrogen and oxygen atoms in total. The molecule has 0 radical (unpaired) electrons. The fourth-order valence-corrected chi connectivity index (χ4v) is 7.19. The maximum Gasteiger partial charge on any atom is 0.341 e. The molecule has 0 saturated heterocycles. The van der Waals surface area contributed by atoms with Crippen molar-refractivity contribution in [1.29, 1.82) is 0 Å². The average molecular weight is 659 g/mol. The maximum absolute atomic E-state index is 14.2. The van der Waals surface area contributed by atoms with Gasteiger partial charge in [-0.25, -0.2) is 9.59 Å². The van der Waals surface area contributed by atoms with Crippen LogP contribution in [0.2, 0.25) is 0 Å². The molecule has 4 aromatic carbocycles. The summed E-state index contributed by atoms with van der Waals surface area (Å²) in [5, 5.41) is 0.983. The van der Waals surface area contributed by atoms with Crippen LogP contribution in [0.4, 0.5) is 11.4 Å². The zero-order valence-corrected chi connectivity index (χ0v) is 29.0. The Kier molecular flexibility index (Phi) is 10.4. The first-order chi connectivity index (χ1) is 23.9. The Balaban J connectivity index is 1.51. The second-order valence-corrected chi connectivity index (χ2v) is 12.5. The van der Waals surface area contributed by atoms with Gasteiger partial charge in [-0.2, -0.15) is 0 Å². The minimum Gasteiger partial charge on any atom is -0.494 e. The van der Waals surface area contributed by atoms with Gasteiger partial charge in [0.05, 0.1) is 29.9 Å². The first-order valence-corrected chi connectivity index (χ1v) is 17.7. The van der Waals surface area contributed by atoms with Crippen LogP contribution in [0.3, 0.4) is 0 Å². The lowest BCUT2D eigenvalue weighted by molar-refractivity contribution is 0.0136. The molecule has 0 saturated carbocycles. The summed E-state index contributed by atoms with van der Waals surface area (Å²) in [6, 6.07) is 31.3. The number of anilines is 2. The largest absolute Gasteiger partial charge is 0.494 e. The summed E-state index contributed by atoms with van der Waals surface area (Å²) in [7, 11) is 0. The Bertz CT molecular complexity index is 1910. The summed E-state index contributed by atoms with van der Waals surface area (Å²) >= 11 is 0. The summed E-state index contributed by atoms with van der Waals surface area (Å²) in [5.74, 6) is -0.188. The fraction of sp³-hybridized carbons (Fsp3) is 0.333. The molecule has 1 aliphatic rings. The summed E-state index contributed by atoms with van der Waals surface area (Å²) in [5.41, 5.74) is 4.47. The van der Waals surface area contributed by atoms with Gasteiger partial charge < -0.3 is 18.8 Å². The topological polar surface area (TPSA) is 70.0 Å². The van der Waals surface area contributed by atoms with Crippen molar-refractivity contribution in [3.05, 3.63) is 125 Å². The first-order valence-electron chi connectivity index (χ1n) is 17.7. The predicted molar refractivity (Wildman–Crippen MR) is 195 cm³/mol. The molecule has 6 rings (SSSR count). The third-order valence-electron chi connectivity index (χ3n) is 9.43.